The highest BCUT2D eigenvalue weighted by atomic mass is 35.5. The second kappa shape index (κ2) is 6.55. The molecular weight excluding hydrogens is 272 g/mol. The predicted molar refractivity (Wildman–Crippen MR) is 73.6 cm³/mol. The van der Waals surface area contributed by atoms with Crippen LogP contribution in [0.5, 0.6) is 0 Å². The van der Waals surface area contributed by atoms with E-state index in [4.69, 9.17) is 11.6 Å². The Hall–Kier alpha value is -0.580. The van der Waals surface area contributed by atoms with Gasteiger partial charge in [0.2, 0.25) is 0 Å². The first kappa shape index (κ1) is 15.5. The van der Waals surface area contributed by atoms with Crippen molar-refractivity contribution in [3.05, 3.63) is 29.3 Å². The molecule has 1 aromatic rings. The summed E-state index contributed by atoms with van der Waals surface area (Å²) in [5.41, 5.74) is 0. The lowest BCUT2D eigenvalue weighted by Gasteiger charge is -2.21. The van der Waals surface area contributed by atoms with Crippen LogP contribution in [0.3, 0.4) is 0 Å². The monoisotopic (exact) mass is 290 g/mol. The fourth-order valence-electron chi connectivity index (χ4n) is 1.98. The van der Waals surface area contributed by atoms with E-state index in [9.17, 15) is 13.5 Å². The van der Waals surface area contributed by atoms with Crippen molar-refractivity contribution in [3.63, 3.8) is 0 Å². The molecule has 0 amide bonds. The molecule has 2 atom stereocenters. The van der Waals surface area contributed by atoms with Gasteiger partial charge in [0, 0.05) is 5.02 Å². The summed E-state index contributed by atoms with van der Waals surface area (Å²) >= 11 is 5.74. The van der Waals surface area contributed by atoms with Crippen LogP contribution in [0.1, 0.15) is 33.1 Å². The Morgan fingerprint density at radius 3 is 2.22 bits per heavy atom. The van der Waals surface area contributed by atoms with Gasteiger partial charge >= 0.3 is 0 Å². The molecule has 0 fully saturated rings. The van der Waals surface area contributed by atoms with Gasteiger partial charge in [-0.3, -0.25) is 0 Å². The third-order valence-corrected chi connectivity index (χ3v) is 5.58. The van der Waals surface area contributed by atoms with Crippen LogP contribution in [0.2, 0.25) is 5.02 Å². The number of halogens is 1. The van der Waals surface area contributed by atoms with Crippen molar-refractivity contribution in [2.75, 3.05) is 0 Å². The van der Waals surface area contributed by atoms with E-state index in [0.717, 1.165) is 6.42 Å². The fourth-order valence-corrected chi connectivity index (χ4v) is 3.96. The Morgan fingerprint density at radius 1 is 1.22 bits per heavy atom. The number of benzene rings is 1. The van der Waals surface area contributed by atoms with Crippen molar-refractivity contribution in [1.82, 2.24) is 0 Å². The Labute approximate surface area is 114 Å². The average Bonchev–Trinajstić information content (AvgIpc) is 2.30. The standard InChI is InChI=1S/C13H19ClO3S/c1-3-5-12(15)13(4-2)18(16,17)11-8-6-10(14)7-9-11/h6-9,12-13,15H,3-5H2,1-2H3. The third kappa shape index (κ3) is 3.46. The molecule has 3 nitrogen and oxygen atoms in total. The van der Waals surface area contributed by atoms with Gasteiger partial charge in [0.1, 0.15) is 0 Å². The molecule has 0 aliphatic carbocycles. The third-order valence-electron chi connectivity index (χ3n) is 2.96. The van der Waals surface area contributed by atoms with Crippen LogP contribution in [0.4, 0.5) is 0 Å². The maximum absolute atomic E-state index is 12.4. The van der Waals surface area contributed by atoms with Crippen LogP contribution in [-0.4, -0.2) is 24.9 Å². The van der Waals surface area contributed by atoms with Gasteiger partial charge in [0.25, 0.3) is 0 Å². The van der Waals surface area contributed by atoms with E-state index < -0.39 is 21.2 Å². The molecule has 1 aromatic carbocycles. The molecule has 0 bridgehead atoms. The van der Waals surface area contributed by atoms with Gasteiger partial charge < -0.3 is 5.11 Å². The normalized spacial score (nSPS) is 15.3. The van der Waals surface area contributed by atoms with E-state index >= 15 is 0 Å². The van der Waals surface area contributed by atoms with Gasteiger partial charge in [-0.05, 0) is 37.1 Å². The van der Waals surface area contributed by atoms with Gasteiger partial charge in [0.15, 0.2) is 9.84 Å². The molecule has 0 aromatic heterocycles. The molecule has 1 N–H and O–H groups in total. The molecule has 0 radical (unpaired) electrons. The van der Waals surface area contributed by atoms with Crippen molar-refractivity contribution in [2.45, 2.75) is 49.4 Å². The lowest BCUT2D eigenvalue weighted by molar-refractivity contribution is 0.155. The molecule has 102 valence electrons. The molecular formula is C13H19ClO3S. The van der Waals surface area contributed by atoms with E-state index in [-0.39, 0.29) is 4.90 Å². The molecule has 0 spiro atoms. The first-order chi connectivity index (χ1) is 8.43. The predicted octanol–water partition coefficient (Wildman–Crippen LogP) is 3.05. The van der Waals surface area contributed by atoms with Crippen LogP contribution in [0.15, 0.2) is 29.2 Å². The summed E-state index contributed by atoms with van der Waals surface area (Å²) in [6.45, 7) is 3.70. The zero-order valence-corrected chi connectivity index (χ0v) is 12.2. The highest BCUT2D eigenvalue weighted by Gasteiger charge is 2.31. The highest BCUT2D eigenvalue weighted by molar-refractivity contribution is 7.92. The maximum atomic E-state index is 12.4. The summed E-state index contributed by atoms with van der Waals surface area (Å²) in [5.74, 6) is 0. The van der Waals surface area contributed by atoms with Crippen LogP contribution in [0.25, 0.3) is 0 Å². The van der Waals surface area contributed by atoms with Gasteiger partial charge in [-0.25, -0.2) is 8.42 Å². The van der Waals surface area contributed by atoms with Crippen molar-refractivity contribution in [2.24, 2.45) is 0 Å². The number of hydrogen-bond acceptors (Lipinski definition) is 3. The number of aliphatic hydroxyl groups excluding tert-OH is 1. The quantitative estimate of drug-likeness (QED) is 0.876. The van der Waals surface area contributed by atoms with E-state index in [1.54, 1.807) is 19.1 Å². The van der Waals surface area contributed by atoms with Gasteiger partial charge in [-0.2, -0.15) is 0 Å². The van der Waals surface area contributed by atoms with Crippen molar-refractivity contribution in [1.29, 1.82) is 0 Å². The minimum Gasteiger partial charge on any atom is -0.392 e. The minimum atomic E-state index is -3.50. The molecule has 5 heteroatoms. The van der Waals surface area contributed by atoms with Crippen LogP contribution >= 0.6 is 11.6 Å². The Bertz CT molecular complexity index is 468. The fraction of sp³-hybridized carbons (Fsp3) is 0.538. The van der Waals surface area contributed by atoms with Gasteiger partial charge in [0.05, 0.1) is 16.2 Å². The second-order valence-corrected chi connectivity index (χ2v) is 6.91. The SMILES string of the molecule is CCCC(O)C(CC)S(=O)(=O)c1ccc(Cl)cc1. The molecule has 0 aliphatic heterocycles. The zero-order chi connectivity index (χ0) is 13.8. The lowest BCUT2D eigenvalue weighted by Crippen LogP contribution is -2.33. The first-order valence-electron chi connectivity index (χ1n) is 6.11. The summed E-state index contributed by atoms with van der Waals surface area (Å²) in [5, 5.41) is 9.70. The minimum absolute atomic E-state index is 0.217. The molecule has 1 rings (SSSR count). The molecule has 0 saturated heterocycles. The lowest BCUT2D eigenvalue weighted by atomic mass is 10.1. The van der Waals surface area contributed by atoms with Crippen molar-refractivity contribution >= 4 is 21.4 Å². The summed E-state index contributed by atoms with van der Waals surface area (Å²) in [6.07, 6.45) is 0.825. The van der Waals surface area contributed by atoms with E-state index in [0.29, 0.717) is 17.9 Å². The molecule has 0 aliphatic rings. The Morgan fingerprint density at radius 2 is 1.78 bits per heavy atom. The Kier molecular flexibility index (Phi) is 5.63. The van der Waals surface area contributed by atoms with Crippen LogP contribution in [0, 0.1) is 0 Å². The number of rotatable bonds is 6. The summed E-state index contributed by atoms with van der Waals surface area (Å²) in [6, 6.07) is 6.07. The number of hydrogen-bond donors (Lipinski definition) is 1. The Balaban J connectivity index is 3.06. The zero-order valence-electron chi connectivity index (χ0n) is 10.6. The highest BCUT2D eigenvalue weighted by Crippen LogP contribution is 2.24. The summed E-state index contributed by atoms with van der Waals surface area (Å²) in [4.78, 5) is 0.217. The van der Waals surface area contributed by atoms with Gasteiger partial charge in [-0.1, -0.05) is 31.9 Å². The van der Waals surface area contributed by atoms with Crippen molar-refractivity contribution in [3.8, 4) is 0 Å². The van der Waals surface area contributed by atoms with E-state index in [2.05, 4.69) is 0 Å². The number of aliphatic hydroxyl groups is 1. The summed E-state index contributed by atoms with van der Waals surface area (Å²) < 4.78 is 24.8. The molecule has 0 saturated carbocycles. The second-order valence-electron chi connectivity index (χ2n) is 4.30. The van der Waals surface area contributed by atoms with E-state index in [1.165, 1.54) is 12.1 Å². The topological polar surface area (TPSA) is 54.4 Å². The summed E-state index contributed by atoms with van der Waals surface area (Å²) in [7, 11) is -3.50. The van der Waals surface area contributed by atoms with E-state index in [1.807, 2.05) is 6.92 Å². The van der Waals surface area contributed by atoms with Gasteiger partial charge in [-0.15, -0.1) is 0 Å². The number of sulfone groups is 1. The molecule has 0 heterocycles. The van der Waals surface area contributed by atoms with Crippen molar-refractivity contribution < 1.29 is 13.5 Å². The molecule has 2 unspecified atom stereocenters. The maximum Gasteiger partial charge on any atom is 0.183 e. The van der Waals surface area contributed by atoms with Crippen LogP contribution in [-0.2, 0) is 9.84 Å². The largest absolute Gasteiger partial charge is 0.392 e. The molecule has 18 heavy (non-hydrogen) atoms. The first-order valence-corrected chi connectivity index (χ1v) is 8.03. The average molecular weight is 291 g/mol. The van der Waals surface area contributed by atoms with Crippen LogP contribution < -0.4 is 0 Å². The smallest absolute Gasteiger partial charge is 0.183 e.